The Morgan fingerprint density at radius 1 is 1.36 bits per heavy atom. The molecule has 118 valence electrons. The van der Waals surface area contributed by atoms with Crippen LogP contribution in [-0.4, -0.2) is 22.9 Å². The molecule has 1 heterocycles. The van der Waals surface area contributed by atoms with E-state index in [-0.39, 0.29) is 11.9 Å². The van der Waals surface area contributed by atoms with E-state index in [0.717, 1.165) is 17.9 Å². The minimum atomic E-state index is 0.0577. The van der Waals surface area contributed by atoms with Gasteiger partial charge in [0.15, 0.2) is 0 Å². The fraction of sp³-hybridized carbons (Fsp3) is 0.412. The Bertz CT molecular complexity index is 625. The van der Waals surface area contributed by atoms with Gasteiger partial charge in [0.25, 0.3) is 0 Å². The summed E-state index contributed by atoms with van der Waals surface area (Å²) >= 11 is 1.53. The van der Waals surface area contributed by atoms with E-state index in [0.29, 0.717) is 11.5 Å². The second-order valence-electron chi connectivity index (χ2n) is 5.53. The lowest BCUT2D eigenvalue weighted by molar-refractivity contribution is -0.119. The van der Waals surface area contributed by atoms with Gasteiger partial charge in [0.05, 0.1) is 17.2 Å². The van der Waals surface area contributed by atoms with Gasteiger partial charge in [-0.15, -0.1) is 11.8 Å². The topological polar surface area (TPSA) is 55.1 Å². The number of rotatable bonds is 7. The van der Waals surface area contributed by atoms with Gasteiger partial charge in [-0.3, -0.25) is 4.79 Å². The number of nitrogens with zero attached hydrogens (tertiary/aromatic N) is 1. The molecule has 4 nitrogen and oxygen atoms in total. The number of aromatic nitrogens is 1. The molecule has 0 fully saturated rings. The van der Waals surface area contributed by atoms with E-state index >= 15 is 0 Å². The lowest BCUT2D eigenvalue weighted by atomic mass is 10.0. The molecule has 1 aromatic heterocycles. The quantitative estimate of drug-likeness (QED) is 0.851. The molecule has 1 amide bonds. The molecule has 1 atom stereocenters. The van der Waals surface area contributed by atoms with Crippen molar-refractivity contribution in [3.63, 3.8) is 0 Å². The largest absolute Gasteiger partial charge is 0.360 e. The van der Waals surface area contributed by atoms with Gasteiger partial charge in [0, 0.05) is 12.1 Å². The monoisotopic (exact) mass is 318 g/mol. The summed E-state index contributed by atoms with van der Waals surface area (Å²) in [6, 6.07) is 10.3. The van der Waals surface area contributed by atoms with Gasteiger partial charge >= 0.3 is 0 Å². The van der Waals surface area contributed by atoms with Crippen LogP contribution in [0.3, 0.4) is 0 Å². The molecule has 2 aromatic rings. The molecular weight excluding hydrogens is 296 g/mol. The second-order valence-corrected chi connectivity index (χ2v) is 6.51. The van der Waals surface area contributed by atoms with Crippen LogP contribution in [-0.2, 0) is 17.0 Å². The Morgan fingerprint density at radius 3 is 2.82 bits per heavy atom. The van der Waals surface area contributed by atoms with E-state index < -0.39 is 0 Å². The molecule has 22 heavy (non-hydrogen) atoms. The average Bonchev–Trinajstić information content (AvgIpc) is 2.87. The van der Waals surface area contributed by atoms with Crippen LogP contribution < -0.4 is 5.32 Å². The van der Waals surface area contributed by atoms with Gasteiger partial charge in [-0.2, -0.15) is 0 Å². The molecule has 1 N–H and O–H groups in total. The average molecular weight is 318 g/mol. The Kier molecular flexibility index (Phi) is 6.07. The van der Waals surface area contributed by atoms with Crippen molar-refractivity contribution in [2.75, 3.05) is 5.75 Å². The smallest absolute Gasteiger partial charge is 0.230 e. The van der Waals surface area contributed by atoms with Crippen LogP contribution in [0.15, 0.2) is 34.9 Å². The molecule has 0 radical (unpaired) electrons. The fourth-order valence-corrected chi connectivity index (χ4v) is 2.97. The lowest BCUT2D eigenvalue weighted by Crippen LogP contribution is -2.35. The molecule has 0 spiro atoms. The summed E-state index contributed by atoms with van der Waals surface area (Å²) in [5.41, 5.74) is 3.41. The van der Waals surface area contributed by atoms with E-state index in [9.17, 15) is 4.79 Å². The summed E-state index contributed by atoms with van der Waals surface area (Å²) in [6.07, 6.45) is 0.852. The van der Waals surface area contributed by atoms with Crippen molar-refractivity contribution in [3.05, 3.63) is 52.9 Å². The number of benzene rings is 1. The Balaban J connectivity index is 1.71. The summed E-state index contributed by atoms with van der Waals surface area (Å²) in [6.45, 7) is 6.02. The number of carbonyl (C=O) groups excluding carboxylic acids is 1. The Hall–Kier alpha value is -1.75. The molecule has 0 saturated carbocycles. The highest BCUT2D eigenvalue weighted by atomic mass is 32.2. The van der Waals surface area contributed by atoms with Crippen LogP contribution >= 0.6 is 11.8 Å². The highest BCUT2D eigenvalue weighted by Gasteiger charge is 2.10. The predicted molar refractivity (Wildman–Crippen MR) is 89.9 cm³/mol. The number of carbonyl (C=O) groups is 1. The normalized spacial score (nSPS) is 12.1. The predicted octanol–water partition coefficient (Wildman–Crippen LogP) is 3.27. The van der Waals surface area contributed by atoms with Crippen molar-refractivity contribution in [3.8, 4) is 0 Å². The molecule has 0 aliphatic carbocycles. The summed E-state index contributed by atoms with van der Waals surface area (Å²) in [5.74, 6) is 1.96. The van der Waals surface area contributed by atoms with E-state index in [1.54, 1.807) is 0 Å². The standard InChI is InChI=1S/C17H22N2O2S/c1-12-6-4-5-7-15(12)8-13(2)18-17(20)11-22-10-16-9-14(3)19-21-16/h4-7,9,13H,8,10-11H2,1-3H3,(H,18,20). The van der Waals surface area contributed by atoms with Crippen LogP contribution in [0.4, 0.5) is 0 Å². The molecule has 2 rings (SSSR count). The fourth-order valence-electron chi connectivity index (χ4n) is 2.27. The van der Waals surface area contributed by atoms with E-state index in [4.69, 9.17) is 4.52 Å². The summed E-state index contributed by atoms with van der Waals surface area (Å²) in [4.78, 5) is 11.9. The number of thioether (sulfide) groups is 1. The zero-order valence-corrected chi connectivity index (χ0v) is 14.1. The molecule has 0 aliphatic rings. The van der Waals surface area contributed by atoms with Crippen LogP contribution in [0, 0.1) is 13.8 Å². The molecule has 0 saturated heterocycles. The lowest BCUT2D eigenvalue weighted by Gasteiger charge is -2.15. The SMILES string of the molecule is Cc1cc(CSCC(=O)NC(C)Cc2ccccc2C)on1. The van der Waals surface area contributed by atoms with Crippen LogP contribution in [0.5, 0.6) is 0 Å². The molecule has 1 unspecified atom stereocenters. The van der Waals surface area contributed by atoms with E-state index in [1.165, 1.54) is 22.9 Å². The van der Waals surface area contributed by atoms with Gasteiger partial charge in [-0.25, -0.2) is 0 Å². The van der Waals surface area contributed by atoms with Crippen molar-refractivity contribution in [1.29, 1.82) is 0 Å². The first-order valence-corrected chi connectivity index (χ1v) is 8.54. The molecule has 0 aliphatic heterocycles. The highest BCUT2D eigenvalue weighted by Crippen LogP contribution is 2.13. The number of aryl methyl sites for hydroxylation is 2. The van der Waals surface area contributed by atoms with Gasteiger partial charge in [0.2, 0.25) is 5.91 Å². The first-order valence-electron chi connectivity index (χ1n) is 7.38. The van der Waals surface area contributed by atoms with Gasteiger partial charge in [0.1, 0.15) is 5.76 Å². The Labute approximate surface area is 135 Å². The molecule has 5 heteroatoms. The van der Waals surface area contributed by atoms with Crippen molar-refractivity contribution in [2.24, 2.45) is 0 Å². The first kappa shape index (κ1) is 16.6. The first-order chi connectivity index (χ1) is 10.5. The summed E-state index contributed by atoms with van der Waals surface area (Å²) < 4.78 is 5.12. The molecule has 1 aromatic carbocycles. The van der Waals surface area contributed by atoms with Crippen molar-refractivity contribution in [1.82, 2.24) is 10.5 Å². The summed E-state index contributed by atoms with van der Waals surface area (Å²) in [5, 5.41) is 6.87. The number of amides is 1. The minimum absolute atomic E-state index is 0.0577. The number of nitrogens with one attached hydrogen (secondary N) is 1. The van der Waals surface area contributed by atoms with Crippen molar-refractivity contribution in [2.45, 2.75) is 39.0 Å². The summed E-state index contributed by atoms with van der Waals surface area (Å²) in [7, 11) is 0. The highest BCUT2D eigenvalue weighted by molar-refractivity contribution is 7.99. The van der Waals surface area contributed by atoms with Crippen LogP contribution in [0.1, 0.15) is 29.5 Å². The van der Waals surface area contributed by atoms with Crippen molar-refractivity contribution < 1.29 is 9.32 Å². The molecular formula is C17H22N2O2S. The third-order valence-electron chi connectivity index (χ3n) is 3.35. The number of hydrogen-bond acceptors (Lipinski definition) is 4. The third-order valence-corrected chi connectivity index (χ3v) is 4.30. The second kappa shape index (κ2) is 8.03. The van der Waals surface area contributed by atoms with E-state index in [2.05, 4.69) is 29.5 Å². The third kappa shape index (κ3) is 5.22. The van der Waals surface area contributed by atoms with Gasteiger partial charge in [-0.1, -0.05) is 29.4 Å². The van der Waals surface area contributed by atoms with Crippen molar-refractivity contribution >= 4 is 17.7 Å². The Morgan fingerprint density at radius 2 is 2.14 bits per heavy atom. The minimum Gasteiger partial charge on any atom is -0.360 e. The maximum Gasteiger partial charge on any atom is 0.230 e. The van der Waals surface area contributed by atoms with Crippen LogP contribution in [0.2, 0.25) is 0 Å². The zero-order valence-electron chi connectivity index (χ0n) is 13.3. The number of hydrogen-bond donors (Lipinski definition) is 1. The van der Waals surface area contributed by atoms with Gasteiger partial charge in [-0.05, 0) is 38.3 Å². The maximum atomic E-state index is 11.9. The zero-order chi connectivity index (χ0) is 15.9. The van der Waals surface area contributed by atoms with Gasteiger partial charge < -0.3 is 9.84 Å². The maximum absolute atomic E-state index is 11.9. The van der Waals surface area contributed by atoms with Crippen LogP contribution in [0.25, 0.3) is 0 Å². The molecule has 0 bridgehead atoms. The van der Waals surface area contributed by atoms with E-state index in [1.807, 2.05) is 32.0 Å².